The minimum absolute atomic E-state index is 0.00744. The van der Waals surface area contributed by atoms with E-state index in [2.05, 4.69) is 26.6 Å². The summed E-state index contributed by atoms with van der Waals surface area (Å²) in [7, 11) is -1.09. The molecule has 17 heavy (non-hydrogen) atoms. The molecule has 1 rings (SSSR count). The summed E-state index contributed by atoms with van der Waals surface area (Å²) in [5.41, 5.74) is 0. The molecule has 0 spiro atoms. The van der Waals surface area contributed by atoms with Crippen LogP contribution in [0.3, 0.4) is 0 Å². The van der Waals surface area contributed by atoms with Crippen LogP contribution in [-0.4, -0.2) is 32.9 Å². The molecule has 0 aromatic heterocycles. The predicted molar refractivity (Wildman–Crippen MR) is 71.8 cm³/mol. The quantitative estimate of drug-likeness (QED) is 0.400. The molecule has 100 valence electrons. The molecule has 0 aromatic carbocycles. The minimum atomic E-state index is -1.09. The summed E-state index contributed by atoms with van der Waals surface area (Å²) < 4.78 is 10.6. The monoisotopic (exact) mass is 258 g/mol. The minimum Gasteiger partial charge on any atom is -0.466 e. The Hall–Kier alpha value is -0.353. The zero-order chi connectivity index (χ0) is 13.1. The van der Waals surface area contributed by atoms with Crippen molar-refractivity contribution in [1.82, 2.24) is 0 Å². The summed E-state index contributed by atoms with van der Waals surface area (Å²) in [6.07, 6.45) is 2.63. The molecule has 4 heteroatoms. The molecule has 3 atom stereocenters. The summed E-state index contributed by atoms with van der Waals surface area (Å²) in [5.74, 6) is -0.0374. The molecule has 0 N–H and O–H groups in total. The van der Waals surface area contributed by atoms with Gasteiger partial charge in [-0.2, -0.15) is 0 Å². The Morgan fingerprint density at radius 2 is 2.00 bits per heavy atom. The van der Waals surface area contributed by atoms with Crippen LogP contribution in [0.15, 0.2) is 0 Å². The lowest BCUT2D eigenvalue weighted by molar-refractivity contribution is -0.147. The van der Waals surface area contributed by atoms with Crippen molar-refractivity contribution < 1.29 is 14.3 Å². The Labute approximate surface area is 106 Å². The second-order valence-electron chi connectivity index (χ2n) is 6.34. The van der Waals surface area contributed by atoms with Gasteiger partial charge in [-0.3, -0.25) is 4.79 Å². The van der Waals surface area contributed by atoms with E-state index in [1.807, 2.05) is 6.92 Å². The molecule has 0 amide bonds. The fourth-order valence-corrected chi connectivity index (χ4v) is 2.38. The van der Waals surface area contributed by atoms with Crippen molar-refractivity contribution >= 4 is 14.0 Å². The Kier molecular flexibility index (Phi) is 5.19. The molecule has 0 radical (unpaired) electrons. The molecule has 1 aliphatic rings. The van der Waals surface area contributed by atoms with E-state index in [-0.39, 0.29) is 11.9 Å². The van der Waals surface area contributed by atoms with Crippen molar-refractivity contribution in [1.29, 1.82) is 0 Å². The van der Waals surface area contributed by atoms with Crippen LogP contribution in [-0.2, 0) is 14.3 Å². The number of carbonyl (C=O) groups is 1. The lowest BCUT2D eigenvalue weighted by atomic mass is 10.0. The largest absolute Gasteiger partial charge is 0.466 e. The Balaban J connectivity index is 2.09. The number of hydrogen-bond donors (Lipinski definition) is 0. The number of esters is 1. The first-order valence-electron chi connectivity index (χ1n) is 6.62. The maximum absolute atomic E-state index is 11.7. The standard InChI is InChI=1S/C13H26O3Si/c1-10(6-7-12-11(2)16-12)13(14)15-8-9-17(3,4)5/h10-12H,6-9H2,1-5H3/t10-,11-,12+/m1/s1. The average molecular weight is 258 g/mol. The Morgan fingerprint density at radius 3 is 2.47 bits per heavy atom. The number of rotatable bonds is 7. The number of epoxide rings is 1. The third-order valence-corrected chi connectivity index (χ3v) is 4.92. The van der Waals surface area contributed by atoms with Crippen LogP contribution < -0.4 is 0 Å². The van der Waals surface area contributed by atoms with Gasteiger partial charge in [-0.25, -0.2) is 0 Å². The van der Waals surface area contributed by atoms with Crippen LogP contribution in [0.4, 0.5) is 0 Å². The fraction of sp³-hybridized carbons (Fsp3) is 0.923. The molecule has 1 heterocycles. The normalized spacial score (nSPS) is 25.5. The molecule has 1 aliphatic heterocycles. The molecule has 0 aliphatic carbocycles. The summed E-state index contributed by atoms with van der Waals surface area (Å²) in [6, 6.07) is 1.05. The molecule has 0 bridgehead atoms. The second kappa shape index (κ2) is 6.00. The van der Waals surface area contributed by atoms with Crippen LogP contribution in [0.5, 0.6) is 0 Å². The van der Waals surface area contributed by atoms with E-state index in [0.717, 1.165) is 18.9 Å². The van der Waals surface area contributed by atoms with Crippen molar-refractivity contribution in [2.45, 2.75) is 64.6 Å². The highest BCUT2D eigenvalue weighted by molar-refractivity contribution is 6.76. The van der Waals surface area contributed by atoms with Gasteiger partial charge in [0.25, 0.3) is 0 Å². The molecule has 0 saturated carbocycles. The summed E-state index contributed by atoms with van der Waals surface area (Å²) in [4.78, 5) is 11.7. The van der Waals surface area contributed by atoms with E-state index >= 15 is 0 Å². The van der Waals surface area contributed by atoms with Gasteiger partial charge in [0.1, 0.15) is 0 Å². The highest BCUT2D eigenvalue weighted by Gasteiger charge is 2.34. The van der Waals surface area contributed by atoms with Gasteiger partial charge in [-0.05, 0) is 25.8 Å². The van der Waals surface area contributed by atoms with Crippen LogP contribution in [0.1, 0.15) is 26.7 Å². The molecule has 1 saturated heterocycles. The molecule has 3 nitrogen and oxygen atoms in total. The van der Waals surface area contributed by atoms with Crippen molar-refractivity contribution in [2.75, 3.05) is 6.61 Å². The van der Waals surface area contributed by atoms with Gasteiger partial charge in [0.2, 0.25) is 0 Å². The van der Waals surface area contributed by atoms with Gasteiger partial charge in [-0.1, -0.05) is 26.6 Å². The van der Waals surface area contributed by atoms with Crippen LogP contribution >= 0.6 is 0 Å². The zero-order valence-electron chi connectivity index (χ0n) is 11.8. The van der Waals surface area contributed by atoms with Gasteiger partial charge in [0, 0.05) is 8.07 Å². The molecular weight excluding hydrogens is 232 g/mol. The van der Waals surface area contributed by atoms with E-state index in [9.17, 15) is 4.79 Å². The van der Waals surface area contributed by atoms with E-state index in [1.54, 1.807) is 0 Å². The van der Waals surface area contributed by atoms with Gasteiger partial charge < -0.3 is 9.47 Å². The first kappa shape index (κ1) is 14.7. The molecular formula is C13H26O3Si. The van der Waals surface area contributed by atoms with Gasteiger partial charge in [0.05, 0.1) is 24.7 Å². The highest BCUT2D eigenvalue weighted by atomic mass is 28.3. The van der Waals surface area contributed by atoms with Crippen LogP contribution in [0.2, 0.25) is 25.7 Å². The van der Waals surface area contributed by atoms with Crippen molar-refractivity contribution in [3.8, 4) is 0 Å². The van der Waals surface area contributed by atoms with Crippen molar-refractivity contribution in [2.24, 2.45) is 5.92 Å². The molecule has 0 aromatic rings. The Morgan fingerprint density at radius 1 is 1.41 bits per heavy atom. The first-order valence-corrected chi connectivity index (χ1v) is 10.3. The van der Waals surface area contributed by atoms with E-state index in [0.29, 0.717) is 18.8 Å². The maximum atomic E-state index is 11.7. The number of carbonyl (C=O) groups excluding carboxylic acids is 1. The third-order valence-electron chi connectivity index (χ3n) is 3.22. The average Bonchev–Trinajstić information content (AvgIpc) is 2.89. The van der Waals surface area contributed by atoms with Crippen molar-refractivity contribution in [3.05, 3.63) is 0 Å². The predicted octanol–water partition coefficient (Wildman–Crippen LogP) is 3.07. The maximum Gasteiger partial charge on any atom is 0.308 e. The highest BCUT2D eigenvalue weighted by Crippen LogP contribution is 2.27. The Bertz CT molecular complexity index is 260. The number of hydrogen-bond acceptors (Lipinski definition) is 3. The van der Waals surface area contributed by atoms with Gasteiger partial charge in [-0.15, -0.1) is 0 Å². The van der Waals surface area contributed by atoms with Crippen LogP contribution in [0, 0.1) is 5.92 Å². The topological polar surface area (TPSA) is 38.8 Å². The smallest absolute Gasteiger partial charge is 0.308 e. The third kappa shape index (κ3) is 6.22. The van der Waals surface area contributed by atoms with Crippen molar-refractivity contribution in [3.63, 3.8) is 0 Å². The van der Waals surface area contributed by atoms with E-state index < -0.39 is 8.07 Å². The summed E-state index contributed by atoms with van der Waals surface area (Å²) in [5, 5.41) is 0. The lowest BCUT2D eigenvalue weighted by Crippen LogP contribution is -2.24. The number of ether oxygens (including phenoxy) is 2. The summed E-state index contributed by atoms with van der Waals surface area (Å²) >= 11 is 0. The summed E-state index contributed by atoms with van der Waals surface area (Å²) in [6.45, 7) is 11.5. The molecule has 0 unspecified atom stereocenters. The van der Waals surface area contributed by atoms with E-state index in [4.69, 9.17) is 9.47 Å². The zero-order valence-corrected chi connectivity index (χ0v) is 12.8. The SMILES string of the molecule is C[C@H](CC[C@@H]1O[C@@H]1C)C(=O)OCC[Si](C)(C)C. The van der Waals surface area contributed by atoms with Crippen LogP contribution in [0.25, 0.3) is 0 Å². The van der Waals surface area contributed by atoms with Gasteiger partial charge >= 0.3 is 5.97 Å². The fourth-order valence-electron chi connectivity index (χ4n) is 1.67. The van der Waals surface area contributed by atoms with E-state index in [1.165, 1.54) is 0 Å². The van der Waals surface area contributed by atoms with Gasteiger partial charge in [0.15, 0.2) is 0 Å². The lowest BCUT2D eigenvalue weighted by Gasteiger charge is -2.16. The molecule has 1 fully saturated rings. The first-order chi connectivity index (χ1) is 7.79. The second-order valence-corrected chi connectivity index (χ2v) is 12.0.